The zero-order chi connectivity index (χ0) is 16.4. The number of piperazine rings is 1. The van der Waals surface area contributed by atoms with Crippen LogP contribution in [-0.2, 0) is 6.54 Å². The van der Waals surface area contributed by atoms with Crippen molar-refractivity contribution < 1.29 is 0 Å². The van der Waals surface area contributed by atoms with Crippen molar-refractivity contribution in [3.8, 4) is 11.3 Å². The molecule has 1 aromatic carbocycles. The quantitative estimate of drug-likeness (QED) is 0.802. The van der Waals surface area contributed by atoms with Crippen LogP contribution in [0, 0.1) is 6.20 Å². The average molecular weight is 320 g/mol. The highest BCUT2D eigenvalue weighted by Gasteiger charge is 2.15. The van der Waals surface area contributed by atoms with Gasteiger partial charge in [-0.15, -0.1) is 0 Å². The molecule has 5 nitrogen and oxygen atoms in total. The monoisotopic (exact) mass is 320 g/mol. The highest BCUT2D eigenvalue weighted by Crippen LogP contribution is 2.23. The third kappa shape index (κ3) is 3.18. The molecule has 0 aliphatic carbocycles. The van der Waals surface area contributed by atoms with E-state index in [1.165, 1.54) is 30.5 Å². The van der Waals surface area contributed by atoms with Gasteiger partial charge in [0.25, 0.3) is 0 Å². The Kier molecular flexibility index (Phi) is 4.28. The first kappa shape index (κ1) is 15.3. The van der Waals surface area contributed by atoms with Gasteiger partial charge in [-0.25, -0.2) is 9.97 Å². The van der Waals surface area contributed by atoms with E-state index in [0.717, 1.165) is 42.9 Å². The van der Waals surface area contributed by atoms with Crippen molar-refractivity contribution in [2.24, 2.45) is 0 Å². The first-order chi connectivity index (χ1) is 11.8. The Morgan fingerprint density at radius 1 is 1.08 bits per heavy atom. The average Bonchev–Trinajstić information content (AvgIpc) is 3.07. The lowest BCUT2D eigenvalue weighted by Crippen LogP contribution is -2.45. The Labute approximate surface area is 142 Å². The Hall–Kier alpha value is -2.24. The molecule has 0 amide bonds. The molecule has 0 spiro atoms. The molecule has 5 heteroatoms. The van der Waals surface area contributed by atoms with Crippen LogP contribution in [0.5, 0.6) is 0 Å². The summed E-state index contributed by atoms with van der Waals surface area (Å²) in [6, 6.07) is 10.9. The van der Waals surface area contributed by atoms with Crippen molar-refractivity contribution in [2.45, 2.75) is 13.5 Å². The number of aromatic nitrogens is 3. The maximum absolute atomic E-state index is 4.23. The van der Waals surface area contributed by atoms with E-state index in [4.69, 9.17) is 0 Å². The molecule has 0 saturated carbocycles. The summed E-state index contributed by atoms with van der Waals surface area (Å²) in [6.07, 6.45) is 4.48. The Morgan fingerprint density at radius 2 is 1.83 bits per heavy atom. The highest BCUT2D eigenvalue weighted by atomic mass is 15.3. The van der Waals surface area contributed by atoms with Crippen molar-refractivity contribution >= 4 is 11.0 Å². The second-order valence-corrected chi connectivity index (χ2v) is 6.34. The van der Waals surface area contributed by atoms with E-state index in [2.05, 4.69) is 62.1 Å². The largest absolute Gasteiger partial charge is 0.339 e. The van der Waals surface area contributed by atoms with Gasteiger partial charge in [-0.2, -0.15) is 0 Å². The summed E-state index contributed by atoms with van der Waals surface area (Å²) in [4.78, 5) is 16.5. The maximum Gasteiger partial charge on any atom is 0.141 e. The van der Waals surface area contributed by atoms with Crippen molar-refractivity contribution in [3.63, 3.8) is 0 Å². The first-order valence-corrected chi connectivity index (χ1v) is 8.57. The van der Waals surface area contributed by atoms with Crippen LogP contribution < -0.4 is 0 Å². The van der Waals surface area contributed by atoms with Gasteiger partial charge in [0.2, 0.25) is 0 Å². The Bertz CT molecular complexity index is 767. The summed E-state index contributed by atoms with van der Waals surface area (Å²) < 4.78 is 0. The zero-order valence-corrected chi connectivity index (χ0v) is 14.0. The fourth-order valence-electron chi connectivity index (χ4n) is 3.28. The number of benzene rings is 1. The van der Waals surface area contributed by atoms with Gasteiger partial charge < -0.3 is 9.88 Å². The molecule has 0 bridgehead atoms. The Balaban J connectivity index is 1.45. The van der Waals surface area contributed by atoms with E-state index in [9.17, 15) is 0 Å². The van der Waals surface area contributed by atoms with Gasteiger partial charge in [0.05, 0.1) is 0 Å². The van der Waals surface area contributed by atoms with Gasteiger partial charge in [0.15, 0.2) is 0 Å². The smallest absolute Gasteiger partial charge is 0.141 e. The number of nitrogens with zero attached hydrogens (tertiary/aromatic N) is 4. The zero-order valence-electron chi connectivity index (χ0n) is 14.0. The molecule has 1 aliphatic rings. The van der Waals surface area contributed by atoms with Crippen LogP contribution in [0.15, 0.2) is 36.7 Å². The number of aromatic amines is 1. The number of nitrogens with one attached hydrogen (secondary N) is 1. The maximum atomic E-state index is 4.23. The van der Waals surface area contributed by atoms with Crippen LogP contribution in [0.2, 0.25) is 0 Å². The molecule has 3 aromatic rings. The van der Waals surface area contributed by atoms with Gasteiger partial charge in [0, 0.05) is 43.8 Å². The predicted octanol–water partition coefficient (Wildman–Crippen LogP) is 2.56. The number of rotatable bonds is 4. The number of H-pyrrole nitrogens is 1. The molecule has 1 fully saturated rings. The van der Waals surface area contributed by atoms with Crippen molar-refractivity contribution in [2.75, 3.05) is 32.7 Å². The van der Waals surface area contributed by atoms with Crippen LogP contribution >= 0.6 is 0 Å². The third-order valence-electron chi connectivity index (χ3n) is 4.81. The van der Waals surface area contributed by atoms with E-state index in [0.29, 0.717) is 0 Å². The summed E-state index contributed by atoms with van der Waals surface area (Å²) in [5.74, 6) is 0. The predicted molar refractivity (Wildman–Crippen MR) is 95.6 cm³/mol. The van der Waals surface area contributed by atoms with E-state index < -0.39 is 0 Å². The van der Waals surface area contributed by atoms with Crippen LogP contribution in [0.25, 0.3) is 22.3 Å². The summed E-state index contributed by atoms with van der Waals surface area (Å²) in [5.41, 5.74) is 4.43. The molecule has 1 aliphatic heterocycles. The van der Waals surface area contributed by atoms with Crippen LogP contribution in [-0.4, -0.2) is 57.5 Å². The standard InChI is InChI=1S/C19H22N5/c1-2-23-7-9-24(10-8-23)13-15-3-5-16(6-4-15)18-11-17-12-20-14-21-19(17)22-18/h3-6,11,14H,2,7-10,13H2,1H3,(H,20,21,22). The SMILES string of the molecule is CCN1CCN(Cc2ccc(-c3cc4[c]ncnc4[nH]3)cc2)CC1. The van der Waals surface area contributed by atoms with Gasteiger partial charge in [-0.1, -0.05) is 31.2 Å². The molecule has 2 aromatic heterocycles. The molecule has 1 N–H and O–H groups in total. The molecule has 3 heterocycles. The minimum absolute atomic E-state index is 0.831. The fourth-order valence-corrected chi connectivity index (χ4v) is 3.28. The van der Waals surface area contributed by atoms with Crippen LogP contribution in [0.3, 0.4) is 0 Å². The molecular weight excluding hydrogens is 298 g/mol. The third-order valence-corrected chi connectivity index (χ3v) is 4.81. The van der Waals surface area contributed by atoms with Crippen molar-refractivity contribution in [1.82, 2.24) is 24.8 Å². The van der Waals surface area contributed by atoms with Crippen molar-refractivity contribution in [1.29, 1.82) is 0 Å². The molecule has 24 heavy (non-hydrogen) atoms. The van der Waals surface area contributed by atoms with Gasteiger partial charge >= 0.3 is 0 Å². The highest BCUT2D eigenvalue weighted by molar-refractivity contribution is 5.81. The van der Waals surface area contributed by atoms with Crippen LogP contribution in [0.1, 0.15) is 12.5 Å². The number of likely N-dealkylation sites (N-methyl/N-ethyl adjacent to an activating group) is 1. The molecule has 123 valence electrons. The molecule has 0 unspecified atom stereocenters. The first-order valence-electron chi connectivity index (χ1n) is 8.57. The van der Waals surface area contributed by atoms with Gasteiger partial charge in [-0.3, -0.25) is 4.90 Å². The Morgan fingerprint density at radius 3 is 2.54 bits per heavy atom. The molecule has 0 atom stereocenters. The number of fused-ring (bicyclic) bond motifs is 1. The fraction of sp³-hybridized carbons (Fsp3) is 0.368. The minimum Gasteiger partial charge on any atom is -0.339 e. The second kappa shape index (κ2) is 6.71. The van der Waals surface area contributed by atoms with Gasteiger partial charge in [-0.05, 0) is 23.7 Å². The summed E-state index contributed by atoms with van der Waals surface area (Å²) in [7, 11) is 0. The second-order valence-electron chi connectivity index (χ2n) is 6.34. The number of hydrogen-bond donors (Lipinski definition) is 1. The lowest BCUT2D eigenvalue weighted by Gasteiger charge is -2.34. The van der Waals surface area contributed by atoms with E-state index >= 15 is 0 Å². The molecule has 1 saturated heterocycles. The van der Waals surface area contributed by atoms with Crippen LogP contribution in [0.4, 0.5) is 0 Å². The van der Waals surface area contributed by atoms with E-state index in [1.54, 1.807) is 0 Å². The molecule has 4 rings (SSSR count). The van der Waals surface area contributed by atoms with Gasteiger partial charge in [0.1, 0.15) is 18.2 Å². The summed E-state index contributed by atoms with van der Waals surface area (Å²) >= 11 is 0. The topological polar surface area (TPSA) is 48.1 Å². The summed E-state index contributed by atoms with van der Waals surface area (Å²) in [6.45, 7) is 9.11. The molecule has 1 radical (unpaired) electrons. The van der Waals surface area contributed by atoms with E-state index in [-0.39, 0.29) is 0 Å². The lowest BCUT2D eigenvalue weighted by molar-refractivity contribution is 0.132. The summed E-state index contributed by atoms with van der Waals surface area (Å²) in [5, 5.41) is 0.922. The van der Waals surface area contributed by atoms with E-state index in [1.807, 2.05) is 6.07 Å². The lowest BCUT2D eigenvalue weighted by atomic mass is 10.1. The normalized spacial score (nSPS) is 16.7. The van der Waals surface area contributed by atoms with Crippen molar-refractivity contribution in [3.05, 3.63) is 48.4 Å². The number of hydrogen-bond acceptors (Lipinski definition) is 4. The minimum atomic E-state index is 0.831. The molecular formula is C19H22N5.